The van der Waals surface area contributed by atoms with Crippen LogP contribution < -0.4 is 40.0 Å². The molecule has 0 aliphatic heterocycles. The zero-order valence-corrected chi connectivity index (χ0v) is 16.1. The van der Waals surface area contributed by atoms with E-state index >= 15 is 0 Å². The van der Waals surface area contributed by atoms with Gasteiger partial charge in [-0.1, -0.05) is 58.3 Å². The summed E-state index contributed by atoms with van der Waals surface area (Å²) in [6, 6.07) is -0.342. The number of carboxylic acid groups (broad SMARTS) is 1. The maximum absolute atomic E-state index is 11.5. The van der Waals surface area contributed by atoms with Crippen LogP contribution in [-0.4, -0.2) is 17.9 Å². The zero-order valence-electron chi connectivity index (χ0n) is 14.1. The fraction of sp³-hybridized carbons (Fsp3) is 0.875. The fourth-order valence-corrected chi connectivity index (χ4v) is 2.24. The Morgan fingerprint density at radius 3 is 1.90 bits per heavy atom. The van der Waals surface area contributed by atoms with Crippen molar-refractivity contribution in [1.29, 1.82) is 0 Å². The van der Waals surface area contributed by atoms with Gasteiger partial charge in [-0.3, -0.25) is 4.79 Å². The number of hydrogen-bond acceptors (Lipinski definition) is 3. The second kappa shape index (κ2) is 16.3. The standard InChI is InChI=1S/C16H31NO3.Na/c1-3-4-5-6-7-8-9-10-11-12-15(18)17-14(2)13-16(19)20;/h14H,3-13H2,1-2H3,(H,17,18)(H,19,20);/q;+1/p-1. The van der Waals surface area contributed by atoms with E-state index in [1.54, 1.807) is 6.92 Å². The summed E-state index contributed by atoms with van der Waals surface area (Å²) >= 11 is 0. The molecule has 0 saturated heterocycles. The predicted octanol–water partition coefficient (Wildman–Crippen LogP) is -0.444. The molecule has 118 valence electrons. The average molecular weight is 307 g/mol. The smallest absolute Gasteiger partial charge is 0.550 e. The largest absolute Gasteiger partial charge is 1.00 e. The molecule has 0 aromatic carbocycles. The Labute approximate surface area is 151 Å². The molecule has 1 unspecified atom stereocenters. The summed E-state index contributed by atoms with van der Waals surface area (Å²) in [4.78, 5) is 21.9. The molecule has 0 rings (SSSR count). The third-order valence-corrected chi connectivity index (χ3v) is 3.39. The summed E-state index contributed by atoms with van der Waals surface area (Å²) < 4.78 is 0. The van der Waals surface area contributed by atoms with Crippen molar-refractivity contribution in [2.45, 2.75) is 90.5 Å². The van der Waals surface area contributed by atoms with Crippen LogP contribution in [0.3, 0.4) is 0 Å². The Balaban J connectivity index is 0. The van der Waals surface area contributed by atoms with Gasteiger partial charge in [0, 0.05) is 24.9 Å². The van der Waals surface area contributed by atoms with Crippen LogP contribution in [0.1, 0.15) is 84.5 Å². The molecule has 0 aliphatic rings. The van der Waals surface area contributed by atoms with Crippen LogP contribution in [-0.2, 0) is 9.59 Å². The van der Waals surface area contributed by atoms with Gasteiger partial charge in [0.1, 0.15) is 0 Å². The van der Waals surface area contributed by atoms with Crippen molar-refractivity contribution < 1.29 is 44.3 Å². The number of unbranched alkanes of at least 4 members (excludes halogenated alkanes) is 8. The molecular formula is C16H30NNaO3. The summed E-state index contributed by atoms with van der Waals surface area (Å²) in [6.45, 7) is 3.91. The van der Waals surface area contributed by atoms with Crippen molar-refractivity contribution >= 4 is 11.9 Å². The van der Waals surface area contributed by atoms with E-state index in [-0.39, 0.29) is 47.9 Å². The molecule has 21 heavy (non-hydrogen) atoms. The molecule has 0 saturated carbocycles. The number of carbonyl (C=O) groups excluding carboxylic acids is 2. The topological polar surface area (TPSA) is 69.2 Å². The maximum Gasteiger partial charge on any atom is 1.00 e. The molecular weight excluding hydrogens is 277 g/mol. The van der Waals surface area contributed by atoms with Crippen LogP contribution in [0, 0.1) is 0 Å². The quantitative estimate of drug-likeness (QED) is 0.370. The second-order valence-electron chi connectivity index (χ2n) is 5.62. The van der Waals surface area contributed by atoms with E-state index in [0.29, 0.717) is 6.42 Å². The van der Waals surface area contributed by atoms with E-state index in [1.807, 2.05) is 0 Å². The summed E-state index contributed by atoms with van der Waals surface area (Å²) in [5, 5.41) is 13.0. The molecule has 0 heterocycles. The van der Waals surface area contributed by atoms with E-state index in [0.717, 1.165) is 12.8 Å². The van der Waals surface area contributed by atoms with Gasteiger partial charge in [0.25, 0.3) is 0 Å². The minimum absolute atomic E-state index is 0. The van der Waals surface area contributed by atoms with Crippen molar-refractivity contribution in [2.75, 3.05) is 0 Å². The third kappa shape index (κ3) is 17.9. The first kappa shape index (κ1) is 23.2. The van der Waals surface area contributed by atoms with Crippen LogP contribution in [0.4, 0.5) is 0 Å². The van der Waals surface area contributed by atoms with Gasteiger partial charge in [0.05, 0.1) is 0 Å². The number of aliphatic carboxylic acids is 1. The minimum atomic E-state index is -1.12. The molecule has 0 aromatic heterocycles. The Hall–Kier alpha value is -0.0600. The van der Waals surface area contributed by atoms with Gasteiger partial charge in [0.2, 0.25) is 5.91 Å². The summed E-state index contributed by atoms with van der Waals surface area (Å²) in [7, 11) is 0. The van der Waals surface area contributed by atoms with E-state index in [4.69, 9.17) is 0 Å². The van der Waals surface area contributed by atoms with Gasteiger partial charge < -0.3 is 15.2 Å². The molecule has 4 nitrogen and oxygen atoms in total. The molecule has 1 atom stereocenters. The Morgan fingerprint density at radius 2 is 1.43 bits per heavy atom. The summed E-state index contributed by atoms with van der Waals surface area (Å²) in [5.74, 6) is -1.18. The first-order chi connectivity index (χ1) is 9.56. The number of nitrogens with one attached hydrogen (secondary N) is 1. The summed E-state index contributed by atoms with van der Waals surface area (Å²) in [5.41, 5.74) is 0. The molecule has 0 radical (unpaired) electrons. The number of carboxylic acids is 1. The van der Waals surface area contributed by atoms with Crippen LogP contribution in [0.25, 0.3) is 0 Å². The molecule has 1 N–H and O–H groups in total. The van der Waals surface area contributed by atoms with Crippen molar-refractivity contribution in [3.8, 4) is 0 Å². The van der Waals surface area contributed by atoms with E-state index in [2.05, 4.69) is 12.2 Å². The number of amides is 1. The number of carbonyl (C=O) groups is 2. The fourth-order valence-electron chi connectivity index (χ4n) is 2.24. The van der Waals surface area contributed by atoms with Gasteiger partial charge in [-0.15, -0.1) is 0 Å². The zero-order chi connectivity index (χ0) is 15.2. The first-order valence-corrected chi connectivity index (χ1v) is 8.05. The molecule has 1 amide bonds. The first-order valence-electron chi connectivity index (χ1n) is 8.05. The van der Waals surface area contributed by atoms with Crippen LogP contribution in [0.15, 0.2) is 0 Å². The van der Waals surface area contributed by atoms with Gasteiger partial charge in [-0.05, 0) is 13.3 Å². The Bertz CT molecular complexity index is 272. The monoisotopic (exact) mass is 307 g/mol. The van der Waals surface area contributed by atoms with Crippen LogP contribution in [0.2, 0.25) is 0 Å². The molecule has 0 aliphatic carbocycles. The van der Waals surface area contributed by atoms with Crippen molar-refractivity contribution in [2.24, 2.45) is 0 Å². The average Bonchev–Trinajstić information content (AvgIpc) is 2.35. The van der Waals surface area contributed by atoms with Gasteiger partial charge in [-0.2, -0.15) is 0 Å². The van der Waals surface area contributed by atoms with E-state index < -0.39 is 5.97 Å². The van der Waals surface area contributed by atoms with E-state index in [1.165, 1.54) is 44.9 Å². The third-order valence-electron chi connectivity index (χ3n) is 3.39. The molecule has 0 spiro atoms. The molecule has 0 fully saturated rings. The predicted molar refractivity (Wildman–Crippen MR) is 79.1 cm³/mol. The number of hydrogen-bond donors (Lipinski definition) is 1. The molecule has 0 bridgehead atoms. The Kier molecular flexibility index (Phi) is 18.0. The van der Waals surface area contributed by atoms with Crippen LogP contribution in [0.5, 0.6) is 0 Å². The van der Waals surface area contributed by atoms with Crippen molar-refractivity contribution in [3.63, 3.8) is 0 Å². The van der Waals surface area contributed by atoms with Crippen molar-refractivity contribution in [1.82, 2.24) is 5.32 Å². The van der Waals surface area contributed by atoms with Crippen LogP contribution >= 0.6 is 0 Å². The Morgan fingerprint density at radius 1 is 0.952 bits per heavy atom. The van der Waals surface area contributed by atoms with E-state index in [9.17, 15) is 14.7 Å². The molecule has 5 heteroatoms. The summed E-state index contributed by atoms with van der Waals surface area (Å²) in [6.07, 6.45) is 11.4. The second-order valence-corrected chi connectivity index (χ2v) is 5.62. The maximum atomic E-state index is 11.5. The van der Waals surface area contributed by atoms with Gasteiger partial charge >= 0.3 is 29.6 Å². The molecule has 0 aromatic rings. The minimum Gasteiger partial charge on any atom is -0.550 e. The normalized spacial score (nSPS) is 11.5. The van der Waals surface area contributed by atoms with Crippen molar-refractivity contribution in [3.05, 3.63) is 0 Å². The van der Waals surface area contributed by atoms with Gasteiger partial charge in [0.15, 0.2) is 0 Å². The van der Waals surface area contributed by atoms with Gasteiger partial charge in [-0.25, -0.2) is 0 Å². The number of rotatable bonds is 13. The SMILES string of the molecule is CCCCCCCCCCCC(=O)NC(C)CC(=O)[O-].[Na+].